The summed E-state index contributed by atoms with van der Waals surface area (Å²) < 4.78 is 5.38. The quantitative estimate of drug-likeness (QED) is 0.412. The molecule has 0 spiro atoms. The van der Waals surface area contributed by atoms with E-state index in [1.807, 2.05) is 24.3 Å². The smallest absolute Gasteiger partial charge is 0.241 e. The van der Waals surface area contributed by atoms with Crippen LogP contribution in [0.25, 0.3) is 0 Å². The lowest BCUT2D eigenvalue weighted by Gasteiger charge is -2.18. The van der Waals surface area contributed by atoms with Crippen molar-refractivity contribution >= 4 is 11.9 Å². The molecule has 31 heavy (non-hydrogen) atoms. The van der Waals surface area contributed by atoms with E-state index in [1.165, 1.54) is 5.56 Å². The zero-order valence-electron chi connectivity index (χ0n) is 18.4. The molecule has 1 atom stereocenters. The number of aliphatic hydroxyl groups is 1. The van der Waals surface area contributed by atoms with Crippen LogP contribution in [-0.4, -0.2) is 73.2 Å². The normalized spacial score (nSPS) is 17.0. The Labute approximate surface area is 183 Å². The van der Waals surface area contributed by atoms with E-state index >= 15 is 0 Å². The Hall–Kier alpha value is -2.84. The van der Waals surface area contributed by atoms with Crippen molar-refractivity contribution < 1.29 is 14.3 Å². The first-order chi connectivity index (χ1) is 15.0. The average molecular weight is 428 g/mol. The van der Waals surface area contributed by atoms with Crippen LogP contribution >= 0.6 is 0 Å². The van der Waals surface area contributed by atoms with Gasteiger partial charge in [0.05, 0.1) is 25.5 Å². The lowest BCUT2D eigenvalue weighted by Crippen LogP contribution is -2.43. The molecule has 2 heterocycles. The number of likely N-dealkylation sites (tertiary alicyclic amines) is 1. The number of aliphatic hydroxyl groups excluding tert-OH is 1. The number of β-amino-alcohol motifs (C(OH)–C–C–N with tert-alkyl or cyclic N) is 1. The molecule has 1 saturated heterocycles. The summed E-state index contributed by atoms with van der Waals surface area (Å²) in [6.45, 7) is 3.74. The Kier molecular flexibility index (Phi) is 8.49. The SMILES string of the molecule is CN(C)C(=O)CNC(=NCc1ccccc1CN1CCC(O)C1)NCCc1ccco1. The van der Waals surface area contributed by atoms with Crippen molar-refractivity contribution in [3.8, 4) is 0 Å². The van der Waals surface area contributed by atoms with E-state index in [0.29, 0.717) is 25.6 Å². The summed E-state index contributed by atoms with van der Waals surface area (Å²) in [5, 5.41) is 16.2. The number of carbonyl (C=O) groups is 1. The number of nitrogens with zero attached hydrogens (tertiary/aromatic N) is 3. The average Bonchev–Trinajstić information content (AvgIpc) is 3.42. The van der Waals surface area contributed by atoms with Crippen LogP contribution in [0.4, 0.5) is 0 Å². The maximum absolute atomic E-state index is 12.0. The van der Waals surface area contributed by atoms with Gasteiger partial charge in [-0.15, -0.1) is 0 Å². The monoisotopic (exact) mass is 427 g/mol. The number of likely N-dealkylation sites (N-methyl/N-ethyl adjacent to an activating group) is 1. The predicted molar refractivity (Wildman–Crippen MR) is 121 cm³/mol. The summed E-state index contributed by atoms with van der Waals surface area (Å²) in [4.78, 5) is 20.5. The fraction of sp³-hybridized carbons (Fsp3) is 0.478. The predicted octanol–water partition coefficient (Wildman–Crippen LogP) is 1.21. The van der Waals surface area contributed by atoms with Gasteiger partial charge in [0.15, 0.2) is 5.96 Å². The molecule has 1 aliphatic heterocycles. The maximum atomic E-state index is 12.0. The lowest BCUT2D eigenvalue weighted by atomic mass is 10.1. The molecule has 0 radical (unpaired) electrons. The van der Waals surface area contributed by atoms with Crippen LogP contribution in [0.5, 0.6) is 0 Å². The van der Waals surface area contributed by atoms with Crippen LogP contribution in [-0.2, 0) is 24.3 Å². The topological polar surface area (TPSA) is 93.3 Å². The summed E-state index contributed by atoms with van der Waals surface area (Å²) in [6, 6.07) is 12.0. The van der Waals surface area contributed by atoms with E-state index in [2.05, 4.69) is 27.7 Å². The highest BCUT2D eigenvalue weighted by Gasteiger charge is 2.20. The number of hydrogen-bond donors (Lipinski definition) is 3. The van der Waals surface area contributed by atoms with Gasteiger partial charge in [0.2, 0.25) is 5.91 Å². The second-order valence-corrected chi connectivity index (χ2v) is 8.01. The van der Waals surface area contributed by atoms with E-state index in [-0.39, 0.29) is 18.6 Å². The molecular formula is C23H33N5O3. The second kappa shape index (κ2) is 11.5. The first-order valence-electron chi connectivity index (χ1n) is 10.7. The lowest BCUT2D eigenvalue weighted by molar-refractivity contribution is -0.127. The zero-order valence-corrected chi connectivity index (χ0v) is 18.4. The minimum atomic E-state index is -0.228. The van der Waals surface area contributed by atoms with Gasteiger partial charge < -0.3 is 25.1 Å². The van der Waals surface area contributed by atoms with Crippen LogP contribution in [0.3, 0.4) is 0 Å². The summed E-state index contributed by atoms with van der Waals surface area (Å²) >= 11 is 0. The molecule has 1 amide bonds. The molecule has 1 aliphatic rings. The largest absolute Gasteiger partial charge is 0.469 e. The summed E-state index contributed by atoms with van der Waals surface area (Å²) in [5.41, 5.74) is 2.34. The summed E-state index contributed by atoms with van der Waals surface area (Å²) in [6.07, 6.45) is 2.99. The minimum absolute atomic E-state index is 0.0199. The van der Waals surface area contributed by atoms with Crippen LogP contribution < -0.4 is 10.6 Å². The highest BCUT2D eigenvalue weighted by atomic mass is 16.3. The Morgan fingerprint density at radius 3 is 2.71 bits per heavy atom. The molecule has 2 aromatic rings. The van der Waals surface area contributed by atoms with Gasteiger partial charge in [0.1, 0.15) is 5.76 Å². The van der Waals surface area contributed by atoms with Crippen molar-refractivity contribution in [3.05, 3.63) is 59.5 Å². The van der Waals surface area contributed by atoms with Crippen LogP contribution in [0, 0.1) is 0 Å². The number of aliphatic imine (C=N–C) groups is 1. The molecule has 0 saturated carbocycles. The van der Waals surface area contributed by atoms with Gasteiger partial charge in [-0.2, -0.15) is 0 Å². The number of rotatable bonds is 9. The fourth-order valence-corrected chi connectivity index (χ4v) is 3.48. The number of furan rings is 1. The van der Waals surface area contributed by atoms with E-state index in [9.17, 15) is 9.90 Å². The number of hydrogen-bond acceptors (Lipinski definition) is 5. The highest BCUT2D eigenvalue weighted by Crippen LogP contribution is 2.17. The Bertz CT molecular complexity index is 851. The first kappa shape index (κ1) is 22.8. The van der Waals surface area contributed by atoms with Gasteiger partial charge in [-0.3, -0.25) is 9.69 Å². The number of guanidine groups is 1. The molecule has 8 nitrogen and oxygen atoms in total. The molecule has 3 rings (SSSR count). The number of amides is 1. The van der Waals surface area contributed by atoms with Gasteiger partial charge in [-0.05, 0) is 29.7 Å². The maximum Gasteiger partial charge on any atom is 0.241 e. The molecule has 3 N–H and O–H groups in total. The van der Waals surface area contributed by atoms with E-state index < -0.39 is 0 Å². The Morgan fingerprint density at radius 2 is 2.03 bits per heavy atom. The van der Waals surface area contributed by atoms with Gasteiger partial charge in [0.25, 0.3) is 0 Å². The van der Waals surface area contributed by atoms with E-state index in [4.69, 9.17) is 9.41 Å². The molecule has 8 heteroatoms. The van der Waals surface area contributed by atoms with Crippen molar-refractivity contribution in [2.24, 2.45) is 4.99 Å². The van der Waals surface area contributed by atoms with Crippen molar-refractivity contribution in [1.82, 2.24) is 20.4 Å². The number of nitrogens with one attached hydrogen (secondary N) is 2. The van der Waals surface area contributed by atoms with Crippen molar-refractivity contribution in [2.75, 3.05) is 40.3 Å². The Balaban J connectivity index is 1.63. The van der Waals surface area contributed by atoms with Gasteiger partial charge in [-0.1, -0.05) is 24.3 Å². The number of benzene rings is 1. The molecular weight excluding hydrogens is 394 g/mol. The standard InChI is InChI=1S/C23H33N5O3/c1-27(2)22(30)15-26-23(24-11-9-21-8-5-13-31-21)25-14-18-6-3-4-7-19(18)16-28-12-10-20(29)17-28/h3-8,13,20,29H,9-12,14-17H2,1-2H3,(H2,24,25,26). The van der Waals surface area contributed by atoms with Gasteiger partial charge >= 0.3 is 0 Å². The minimum Gasteiger partial charge on any atom is -0.469 e. The molecule has 1 fully saturated rings. The summed E-state index contributed by atoms with van der Waals surface area (Å²) in [7, 11) is 3.47. The van der Waals surface area contributed by atoms with Crippen molar-refractivity contribution in [1.29, 1.82) is 0 Å². The molecule has 168 valence electrons. The summed E-state index contributed by atoms with van der Waals surface area (Å²) in [5.74, 6) is 1.47. The third kappa shape index (κ3) is 7.41. The first-order valence-corrected chi connectivity index (χ1v) is 10.7. The highest BCUT2D eigenvalue weighted by molar-refractivity contribution is 5.86. The van der Waals surface area contributed by atoms with E-state index in [0.717, 1.165) is 37.3 Å². The zero-order chi connectivity index (χ0) is 22.1. The number of carbonyl (C=O) groups excluding carboxylic acids is 1. The molecule has 0 bridgehead atoms. The third-order valence-corrected chi connectivity index (χ3v) is 5.32. The van der Waals surface area contributed by atoms with Gasteiger partial charge in [-0.25, -0.2) is 4.99 Å². The van der Waals surface area contributed by atoms with Crippen molar-refractivity contribution in [3.63, 3.8) is 0 Å². The van der Waals surface area contributed by atoms with Crippen LogP contribution in [0.1, 0.15) is 23.3 Å². The molecule has 1 aromatic carbocycles. The Morgan fingerprint density at radius 1 is 1.23 bits per heavy atom. The molecule has 1 aromatic heterocycles. The second-order valence-electron chi connectivity index (χ2n) is 8.01. The molecule has 0 aliphatic carbocycles. The van der Waals surface area contributed by atoms with Crippen LogP contribution in [0.15, 0.2) is 52.1 Å². The van der Waals surface area contributed by atoms with Crippen LogP contribution in [0.2, 0.25) is 0 Å². The molecule has 1 unspecified atom stereocenters. The third-order valence-electron chi connectivity index (χ3n) is 5.32. The fourth-order valence-electron chi connectivity index (χ4n) is 3.48. The van der Waals surface area contributed by atoms with Crippen molar-refractivity contribution in [2.45, 2.75) is 32.0 Å². The van der Waals surface area contributed by atoms with Gasteiger partial charge in [0, 0.05) is 46.7 Å². The van der Waals surface area contributed by atoms with E-state index in [1.54, 1.807) is 25.3 Å².